The maximum Gasteiger partial charge on any atom is 0.132 e. The van der Waals surface area contributed by atoms with Crippen LogP contribution in [0.25, 0.3) is 0 Å². The van der Waals surface area contributed by atoms with Gasteiger partial charge in [-0.05, 0) is 24.8 Å². The van der Waals surface area contributed by atoms with Crippen molar-refractivity contribution in [3.63, 3.8) is 0 Å². The molecular weight excluding hydrogens is 148 g/mol. The molecule has 0 saturated carbocycles. The summed E-state index contributed by atoms with van der Waals surface area (Å²) in [7, 11) is 0. The molecule has 66 valence electrons. The van der Waals surface area contributed by atoms with Gasteiger partial charge >= 0.3 is 0 Å². The summed E-state index contributed by atoms with van der Waals surface area (Å²) < 4.78 is 0. The number of aryl methyl sites for hydroxylation is 1. The van der Waals surface area contributed by atoms with E-state index < -0.39 is 0 Å². The van der Waals surface area contributed by atoms with Gasteiger partial charge in [-0.2, -0.15) is 0 Å². The van der Waals surface area contributed by atoms with E-state index >= 15 is 0 Å². The van der Waals surface area contributed by atoms with Crippen molar-refractivity contribution in [3.05, 3.63) is 36.7 Å². The first-order valence-electron chi connectivity index (χ1n) is 4.13. The van der Waals surface area contributed by atoms with Gasteiger partial charge in [0.25, 0.3) is 0 Å². The Labute approximate surface area is 74.3 Å². The van der Waals surface area contributed by atoms with Gasteiger partial charge in [0.2, 0.25) is 0 Å². The molecule has 0 radical (unpaired) electrons. The summed E-state index contributed by atoms with van der Waals surface area (Å²) in [5.74, 6) is 0.873. The summed E-state index contributed by atoms with van der Waals surface area (Å²) in [6.45, 7) is 9.54. The number of hydrogen-bond acceptors (Lipinski definition) is 2. The van der Waals surface area contributed by atoms with Gasteiger partial charge in [0.05, 0.1) is 0 Å². The van der Waals surface area contributed by atoms with Crippen molar-refractivity contribution in [1.82, 2.24) is 4.98 Å². The molecule has 0 bridgehead atoms. The summed E-state index contributed by atoms with van der Waals surface area (Å²) in [5.41, 5.74) is 1.13. The third-order valence-electron chi connectivity index (χ3n) is 1.25. The molecule has 0 unspecified atom stereocenters. The maximum absolute atomic E-state index is 4.09. The van der Waals surface area contributed by atoms with Gasteiger partial charge in [-0.15, -0.1) is 0 Å². The highest BCUT2D eigenvalue weighted by atomic mass is 15.0. The molecule has 0 fully saturated rings. The number of hydrogen-bond donors (Lipinski definition) is 1. The second-order valence-electron chi connectivity index (χ2n) is 2.02. The summed E-state index contributed by atoms with van der Waals surface area (Å²) in [5, 5.41) is 2.93. The zero-order valence-electron chi connectivity index (χ0n) is 7.96. The van der Waals surface area contributed by atoms with E-state index in [4.69, 9.17) is 0 Å². The van der Waals surface area contributed by atoms with Crippen molar-refractivity contribution in [2.24, 2.45) is 0 Å². The Kier molecular flexibility index (Phi) is 5.70. The molecule has 0 spiro atoms. The molecule has 0 atom stereocenters. The average Bonchev–Trinajstić information content (AvgIpc) is 2.13. The first-order chi connectivity index (χ1) is 5.84. The molecule has 1 rings (SSSR count). The third kappa shape index (κ3) is 3.19. The number of nitrogens with zero attached hydrogens (tertiary/aromatic N) is 1. The van der Waals surface area contributed by atoms with Crippen molar-refractivity contribution in [1.29, 1.82) is 0 Å². The third-order valence-corrected chi connectivity index (χ3v) is 1.25. The molecule has 0 aliphatic rings. The highest BCUT2D eigenvalue weighted by Gasteiger charge is 1.91. The second kappa shape index (κ2) is 6.40. The van der Waals surface area contributed by atoms with Crippen LogP contribution in [0.3, 0.4) is 0 Å². The fourth-order valence-corrected chi connectivity index (χ4v) is 0.733. The van der Waals surface area contributed by atoms with Crippen LogP contribution in [0.4, 0.5) is 5.82 Å². The van der Waals surface area contributed by atoms with Crippen LogP contribution in [-0.2, 0) is 0 Å². The predicted molar refractivity (Wildman–Crippen MR) is 54.1 cm³/mol. The normalized spacial score (nSPS) is 7.92. The molecule has 1 aromatic heterocycles. The Hall–Kier alpha value is -1.31. The van der Waals surface area contributed by atoms with Crippen LogP contribution in [0.5, 0.6) is 0 Å². The van der Waals surface area contributed by atoms with Crippen LogP contribution >= 0.6 is 0 Å². The van der Waals surface area contributed by atoms with Gasteiger partial charge in [0.1, 0.15) is 5.82 Å². The Bertz CT molecular complexity index is 231. The number of aromatic nitrogens is 1. The van der Waals surface area contributed by atoms with Crippen LogP contribution in [0.15, 0.2) is 31.1 Å². The Morgan fingerprint density at radius 3 is 2.67 bits per heavy atom. The van der Waals surface area contributed by atoms with Crippen molar-refractivity contribution in [2.45, 2.75) is 20.8 Å². The summed E-state index contributed by atoms with van der Waals surface area (Å²) in [4.78, 5) is 4.09. The van der Waals surface area contributed by atoms with Gasteiger partial charge < -0.3 is 5.32 Å². The van der Waals surface area contributed by atoms with E-state index in [9.17, 15) is 0 Å². The van der Waals surface area contributed by atoms with Crippen LogP contribution in [0, 0.1) is 6.92 Å². The van der Waals surface area contributed by atoms with E-state index in [-0.39, 0.29) is 0 Å². The van der Waals surface area contributed by atoms with Crippen molar-refractivity contribution in [2.75, 3.05) is 5.32 Å². The lowest BCUT2D eigenvalue weighted by atomic mass is 10.3. The zero-order valence-corrected chi connectivity index (χ0v) is 7.96. The molecule has 12 heavy (non-hydrogen) atoms. The van der Waals surface area contributed by atoms with Crippen LogP contribution in [0.2, 0.25) is 0 Å². The van der Waals surface area contributed by atoms with Crippen LogP contribution in [0.1, 0.15) is 19.4 Å². The molecule has 0 aliphatic heterocycles. The number of anilines is 1. The van der Waals surface area contributed by atoms with E-state index in [0.29, 0.717) is 0 Å². The fraction of sp³-hybridized carbons (Fsp3) is 0.300. The second-order valence-corrected chi connectivity index (χ2v) is 2.02. The molecule has 1 heterocycles. The standard InChI is InChI=1S/C8H10N2.C2H6/c1-3-9-8-7(2)5-4-6-10-8;1-2/h3-6H,1H2,2H3,(H,9,10);1-2H3. The Balaban J connectivity index is 0.000000561. The molecule has 1 N–H and O–H groups in total. The van der Waals surface area contributed by atoms with Crippen LogP contribution < -0.4 is 5.32 Å². The zero-order chi connectivity index (χ0) is 9.40. The smallest absolute Gasteiger partial charge is 0.132 e. The van der Waals surface area contributed by atoms with Gasteiger partial charge in [0.15, 0.2) is 0 Å². The molecule has 0 saturated heterocycles. The van der Waals surface area contributed by atoms with E-state index in [1.165, 1.54) is 0 Å². The van der Waals surface area contributed by atoms with Crippen molar-refractivity contribution >= 4 is 5.82 Å². The van der Waals surface area contributed by atoms with E-state index in [1.807, 2.05) is 32.9 Å². The van der Waals surface area contributed by atoms with Crippen molar-refractivity contribution < 1.29 is 0 Å². The predicted octanol–water partition coefficient (Wildman–Crippen LogP) is 2.97. The lowest BCUT2D eigenvalue weighted by Gasteiger charge is -2.00. The maximum atomic E-state index is 4.09. The summed E-state index contributed by atoms with van der Waals surface area (Å²) in [6.07, 6.45) is 3.37. The number of rotatable bonds is 2. The lowest BCUT2D eigenvalue weighted by molar-refractivity contribution is 1.26. The quantitative estimate of drug-likeness (QED) is 0.726. The first kappa shape index (κ1) is 10.7. The number of nitrogens with one attached hydrogen (secondary N) is 1. The monoisotopic (exact) mass is 164 g/mol. The molecule has 1 aromatic rings. The molecule has 0 aromatic carbocycles. The van der Waals surface area contributed by atoms with E-state index in [0.717, 1.165) is 11.4 Å². The molecule has 2 heteroatoms. The SMILES string of the molecule is C=CNc1ncccc1C.CC. The molecule has 2 nitrogen and oxygen atoms in total. The minimum Gasteiger partial charge on any atom is -0.347 e. The molecular formula is C10H16N2. The molecule has 0 aliphatic carbocycles. The Morgan fingerprint density at radius 1 is 1.50 bits per heavy atom. The van der Waals surface area contributed by atoms with Gasteiger partial charge in [-0.3, -0.25) is 0 Å². The largest absolute Gasteiger partial charge is 0.347 e. The summed E-state index contributed by atoms with van der Waals surface area (Å²) in [6, 6.07) is 3.91. The van der Waals surface area contributed by atoms with Gasteiger partial charge in [0, 0.05) is 6.20 Å². The first-order valence-corrected chi connectivity index (χ1v) is 4.13. The van der Waals surface area contributed by atoms with Crippen molar-refractivity contribution in [3.8, 4) is 0 Å². The lowest BCUT2D eigenvalue weighted by Crippen LogP contribution is -1.92. The van der Waals surface area contributed by atoms with Gasteiger partial charge in [-0.25, -0.2) is 4.98 Å². The van der Waals surface area contributed by atoms with Crippen LogP contribution in [-0.4, -0.2) is 4.98 Å². The fourth-order valence-electron chi connectivity index (χ4n) is 0.733. The topological polar surface area (TPSA) is 24.9 Å². The minimum atomic E-state index is 0.873. The average molecular weight is 164 g/mol. The number of pyridine rings is 1. The Morgan fingerprint density at radius 2 is 2.17 bits per heavy atom. The van der Waals surface area contributed by atoms with E-state index in [1.54, 1.807) is 12.4 Å². The highest BCUT2D eigenvalue weighted by Crippen LogP contribution is 2.07. The van der Waals surface area contributed by atoms with E-state index in [2.05, 4.69) is 16.9 Å². The highest BCUT2D eigenvalue weighted by molar-refractivity contribution is 5.44. The minimum absolute atomic E-state index is 0.873. The molecule has 0 amide bonds. The summed E-state index contributed by atoms with van der Waals surface area (Å²) >= 11 is 0. The van der Waals surface area contributed by atoms with Gasteiger partial charge in [-0.1, -0.05) is 26.5 Å².